The number of halogens is 1. The van der Waals surface area contributed by atoms with Crippen LogP contribution in [0.3, 0.4) is 0 Å². The first kappa shape index (κ1) is 15.7. The Morgan fingerprint density at radius 2 is 1.95 bits per heavy atom. The largest absolute Gasteiger partial charge is 0.396 e. The lowest BCUT2D eigenvalue weighted by Gasteiger charge is -2.13. The number of fused-ring (bicyclic) bond motifs is 1. The van der Waals surface area contributed by atoms with Gasteiger partial charge in [-0.15, -0.1) is 0 Å². The van der Waals surface area contributed by atoms with Crippen LogP contribution >= 0.6 is 15.9 Å². The molecule has 0 fully saturated rings. The van der Waals surface area contributed by atoms with Crippen molar-refractivity contribution in [3.05, 3.63) is 33.8 Å². The molecule has 0 spiro atoms. The fourth-order valence-corrected chi connectivity index (χ4v) is 2.44. The number of hydrogen-bond acceptors (Lipinski definition) is 4. The third-order valence-electron chi connectivity index (χ3n) is 3.15. The molecule has 1 aliphatic rings. The van der Waals surface area contributed by atoms with E-state index in [4.69, 9.17) is 5.11 Å². The van der Waals surface area contributed by atoms with Crippen LogP contribution in [0.5, 0.6) is 0 Å². The minimum absolute atomic E-state index is 0.00750. The summed E-state index contributed by atoms with van der Waals surface area (Å²) in [5, 5.41) is 11.2. The molecule has 0 saturated carbocycles. The summed E-state index contributed by atoms with van der Waals surface area (Å²) in [7, 11) is 0. The van der Waals surface area contributed by atoms with Crippen molar-refractivity contribution in [1.29, 1.82) is 0 Å². The number of amides is 3. The molecule has 1 aliphatic heterocycles. The van der Waals surface area contributed by atoms with Gasteiger partial charge in [-0.1, -0.05) is 15.9 Å². The highest BCUT2D eigenvalue weighted by atomic mass is 79.9. The standard InChI is InChI=1S/C14H15BrN2O4/c15-9-2-3-10-11(8-9)14(21)17(13(10)20)6-4-12(19)16-5-1-7-18/h2-3,8,18H,1,4-7H2,(H,16,19). The lowest BCUT2D eigenvalue weighted by Crippen LogP contribution is -2.34. The van der Waals surface area contributed by atoms with Gasteiger partial charge in [-0.3, -0.25) is 19.3 Å². The Labute approximate surface area is 130 Å². The fraction of sp³-hybridized carbons (Fsp3) is 0.357. The molecule has 0 atom stereocenters. The maximum absolute atomic E-state index is 12.2. The summed E-state index contributed by atoms with van der Waals surface area (Å²) in [6, 6.07) is 4.91. The van der Waals surface area contributed by atoms with Crippen molar-refractivity contribution in [2.75, 3.05) is 19.7 Å². The van der Waals surface area contributed by atoms with Crippen LogP contribution in [0.2, 0.25) is 0 Å². The molecule has 0 radical (unpaired) electrons. The number of aliphatic hydroxyl groups is 1. The lowest BCUT2D eigenvalue weighted by molar-refractivity contribution is -0.121. The lowest BCUT2D eigenvalue weighted by atomic mass is 10.1. The van der Waals surface area contributed by atoms with Crippen LogP contribution < -0.4 is 5.32 Å². The Morgan fingerprint density at radius 3 is 2.67 bits per heavy atom. The van der Waals surface area contributed by atoms with Gasteiger partial charge in [-0.2, -0.15) is 0 Å². The molecule has 3 amide bonds. The first-order valence-corrected chi connectivity index (χ1v) is 7.37. The number of nitrogens with zero attached hydrogens (tertiary/aromatic N) is 1. The van der Waals surface area contributed by atoms with E-state index in [1.165, 1.54) is 0 Å². The molecule has 6 nitrogen and oxygen atoms in total. The van der Waals surface area contributed by atoms with E-state index >= 15 is 0 Å². The maximum atomic E-state index is 12.2. The van der Waals surface area contributed by atoms with Gasteiger partial charge >= 0.3 is 0 Å². The van der Waals surface area contributed by atoms with E-state index in [0.29, 0.717) is 24.1 Å². The van der Waals surface area contributed by atoms with Crippen molar-refractivity contribution >= 4 is 33.7 Å². The second-order valence-electron chi connectivity index (χ2n) is 4.63. The number of benzene rings is 1. The van der Waals surface area contributed by atoms with Crippen LogP contribution in [0.15, 0.2) is 22.7 Å². The predicted molar refractivity (Wildman–Crippen MR) is 78.8 cm³/mol. The van der Waals surface area contributed by atoms with Crippen LogP contribution in [0.4, 0.5) is 0 Å². The van der Waals surface area contributed by atoms with Crippen molar-refractivity contribution < 1.29 is 19.5 Å². The number of imide groups is 1. The summed E-state index contributed by atoms with van der Waals surface area (Å²) >= 11 is 3.26. The monoisotopic (exact) mass is 354 g/mol. The van der Waals surface area contributed by atoms with Crippen molar-refractivity contribution in [2.24, 2.45) is 0 Å². The molecule has 0 aromatic heterocycles. The molecule has 2 N–H and O–H groups in total. The van der Waals surface area contributed by atoms with E-state index in [9.17, 15) is 14.4 Å². The molecule has 1 heterocycles. The van der Waals surface area contributed by atoms with Gasteiger partial charge in [0.05, 0.1) is 11.1 Å². The number of hydrogen-bond donors (Lipinski definition) is 2. The summed E-state index contributed by atoms with van der Waals surface area (Å²) in [6.07, 6.45) is 0.533. The third kappa shape index (κ3) is 3.48. The van der Waals surface area contributed by atoms with Gasteiger partial charge < -0.3 is 10.4 Å². The average Bonchev–Trinajstić information content (AvgIpc) is 2.69. The highest BCUT2D eigenvalue weighted by Crippen LogP contribution is 2.25. The van der Waals surface area contributed by atoms with Gasteiger partial charge in [0.15, 0.2) is 0 Å². The van der Waals surface area contributed by atoms with Crippen molar-refractivity contribution in [1.82, 2.24) is 10.2 Å². The summed E-state index contributed by atoms with van der Waals surface area (Å²) in [4.78, 5) is 36.9. The molecule has 7 heteroatoms. The van der Waals surface area contributed by atoms with Crippen molar-refractivity contribution in [2.45, 2.75) is 12.8 Å². The molecular formula is C14H15BrN2O4. The van der Waals surface area contributed by atoms with Gasteiger partial charge in [0.25, 0.3) is 11.8 Å². The predicted octanol–water partition coefficient (Wildman–Crippen LogP) is 0.934. The average molecular weight is 355 g/mol. The Morgan fingerprint density at radius 1 is 1.24 bits per heavy atom. The molecule has 0 bridgehead atoms. The quantitative estimate of drug-likeness (QED) is 0.587. The molecule has 0 unspecified atom stereocenters. The van der Waals surface area contributed by atoms with E-state index < -0.39 is 0 Å². The van der Waals surface area contributed by atoms with E-state index in [2.05, 4.69) is 21.2 Å². The number of aliphatic hydroxyl groups excluding tert-OH is 1. The molecule has 2 rings (SSSR count). The maximum Gasteiger partial charge on any atom is 0.261 e. The molecule has 0 saturated heterocycles. The Kier molecular flexibility index (Phi) is 5.08. The SMILES string of the molecule is O=C(CCN1C(=O)c2ccc(Br)cc2C1=O)NCCCO. The number of nitrogens with one attached hydrogen (secondary N) is 1. The van der Waals surface area contributed by atoms with E-state index in [0.717, 1.165) is 9.37 Å². The molecule has 1 aromatic carbocycles. The zero-order valence-corrected chi connectivity index (χ0v) is 12.9. The van der Waals surface area contributed by atoms with E-state index in [-0.39, 0.29) is 37.3 Å². The van der Waals surface area contributed by atoms with Crippen molar-refractivity contribution in [3.63, 3.8) is 0 Å². The third-order valence-corrected chi connectivity index (χ3v) is 3.65. The van der Waals surface area contributed by atoms with Gasteiger partial charge in [0, 0.05) is 30.6 Å². The van der Waals surface area contributed by atoms with Gasteiger partial charge in [0.1, 0.15) is 0 Å². The molecule has 21 heavy (non-hydrogen) atoms. The zero-order chi connectivity index (χ0) is 15.4. The number of rotatable bonds is 6. The summed E-state index contributed by atoms with van der Waals surface area (Å²) in [6.45, 7) is 0.437. The summed E-state index contributed by atoms with van der Waals surface area (Å²) in [5.41, 5.74) is 0.721. The first-order valence-electron chi connectivity index (χ1n) is 6.58. The summed E-state index contributed by atoms with van der Waals surface area (Å²) in [5.74, 6) is -0.994. The van der Waals surface area contributed by atoms with Gasteiger partial charge in [-0.05, 0) is 24.6 Å². The second kappa shape index (κ2) is 6.82. The molecule has 0 aliphatic carbocycles. The van der Waals surface area contributed by atoms with Gasteiger partial charge in [-0.25, -0.2) is 0 Å². The van der Waals surface area contributed by atoms with Crippen LogP contribution in [0.25, 0.3) is 0 Å². The van der Waals surface area contributed by atoms with Crippen molar-refractivity contribution in [3.8, 4) is 0 Å². The fourth-order valence-electron chi connectivity index (χ4n) is 2.07. The molecule has 1 aromatic rings. The molecular weight excluding hydrogens is 340 g/mol. The normalized spacial score (nSPS) is 13.5. The van der Waals surface area contributed by atoms with Gasteiger partial charge in [0.2, 0.25) is 5.91 Å². The van der Waals surface area contributed by atoms with Crippen LogP contribution in [0.1, 0.15) is 33.6 Å². The minimum atomic E-state index is -0.376. The van der Waals surface area contributed by atoms with Crippen LogP contribution in [0, 0.1) is 0 Å². The smallest absolute Gasteiger partial charge is 0.261 e. The summed E-state index contributed by atoms with van der Waals surface area (Å²) < 4.78 is 0.728. The van der Waals surface area contributed by atoms with Crippen LogP contribution in [-0.2, 0) is 4.79 Å². The number of carbonyl (C=O) groups excluding carboxylic acids is 3. The highest BCUT2D eigenvalue weighted by Gasteiger charge is 2.35. The number of carbonyl (C=O) groups is 3. The van der Waals surface area contributed by atoms with E-state index in [1.807, 2.05) is 0 Å². The zero-order valence-electron chi connectivity index (χ0n) is 11.3. The first-order chi connectivity index (χ1) is 10.0. The Bertz CT molecular complexity index is 588. The Balaban J connectivity index is 1.96. The molecule has 112 valence electrons. The topological polar surface area (TPSA) is 86.7 Å². The van der Waals surface area contributed by atoms with E-state index in [1.54, 1.807) is 18.2 Å². The second-order valence-corrected chi connectivity index (χ2v) is 5.54. The highest BCUT2D eigenvalue weighted by molar-refractivity contribution is 9.10. The Hall–Kier alpha value is -1.73. The minimum Gasteiger partial charge on any atom is -0.396 e. The van der Waals surface area contributed by atoms with Crippen LogP contribution in [-0.4, -0.2) is 47.4 Å².